The number of fused-ring (bicyclic) bond motifs is 1. The summed E-state index contributed by atoms with van der Waals surface area (Å²) in [5, 5.41) is 0.254. The SMILES string of the molecule is COc1cc(-c2c(F)ccc(NS(=O)(=O)CCCF)c2F)cc2c(N)nc(-c3ccc(N)nc3)nc12. The molecule has 5 N–H and O–H groups in total. The third-order valence-corrected chi connectivity index (χ3v) is 6.61. The molecule has 0 saturated heterocycles. The summed E-state index contributed by atoms with van der Waals surface area (Å²) in [4.78, 5) is 12.8. The number of nitrogens with zero attached hydrogens (tertiary/aromatic N) is 3. The number of alkyl halides is 1. The van der Waals surface area contributed by atoms with Gasteiger partial charge in [0.1, 0.15) is 28.7 Å². The molecule has 0 amide bonds. The number of sulfonamides is 1. The lowest BCUT2D eigenvalue weighted by atomic mass is 10.0. The summed E-state index contributed by atoms with van der Waals surface area (Å²) in [5.74, 6) is -1.97. The van der Waals surface area contributed by atoms with Gasteiger partial charge in [-0.25, -0.2) is 32.2 Å². The van der Waals surface area contributed by atoms with Crippen LogP contribution in [0.2, 0.25) is 0 Å². The molecule has 0 aliphatic rings. The number of rotatable bonds is 8. The molecule has 36 heavy (non-hydrogen) atoms. The van der Waals surface area contributed by atoms with Crippen LogP contribution in [0.15, 0.2) is 42.6 Å². The lowest BCUT2D eigenvalue weighted by molar-refractivity contribution is 0.419. The molecule has 0 atom stereocenters. The summed E-state index contributed by atoms with van der Waals surface area (Å²) in [6.07, 6.45) is 1.21. The molecule has 0 aliphatic carbocycles. The van der Waals surface area contributed by atoms with Gasteiger partial charge in [-0.2, -0.15) is 0 Å². The van der Waals surface area contributed by atoms with Gasteiger partial charge in [0.15, 0.2) is 11.6 Å². The van der Waals surface area contributed by atoms with Gasteiger partial charge in [0.2, 0.25) is 10.0 Å². The second-order valence-corrected chi connectivity index (χ2v) is 9.57. The third-order valence-electron chi connectivity index (χ3n) is 5.25. The Morgan fingerprint density at radius 3 is 2.50 bits per heavy atom. The van der Waals surface area contributed by atoms with E-state index in [0.29, 0.717) is 11.4 Å². The Morgan fingerprint density at radius 2 is 1.83 bits per heavy atom. The summed E-state index contributed by atoms with van der Waals surface area (Å²) in [6, 6.07) is 7.82. The number of ether oxygens (including phenoxy) is 1. The Labute approximate surface area is 204 Å². The van der Waals surface area contributed by atoms with Crippen LogP contribution in [0.3, 0.4) is 0 Å². The molecule has 4 rings (SSSR count). The van der Waals surface area contributed by atoms with E-state index in [-0.39, 0.29) is 40.3 Å². The largest absolute Gasteiger partial charge is 0.494 e. The Kier molecular flexibility index (Phi) is 6.84. The van der Waals surface area contributed by atoms with Crippen LogP contribution in [0.1, 0.15) is 6.42 Å². The molecule has 0 fully saturated rings. The number of aromatic nitrogens is 3. The molecule has 188 valence electrons. The second-order valence-electron chi connectivity index (χ2n) is 7.73. The van der Waals surface area contributed by atoms with Gasteiger partial charge in [0.25, 0.3) is 0 Å². The number of nitrogens with two attached hydrogens (primary N) is 2. The van der Waals surface area contributed by atoms with Crippen LogP contribution in [-0.2, 0) is 10.0 Å². The standard InChI is InChI=1S/C23H21F3N6O3S/c1-35-17-10-13(19-15(25)4-5-16(20(19)26)32-36(33,34)8-2-7-24)9-14-21(17)30-23(31-22(14)28)12-3-6-18(27)29-11-12/h3-6,9-11,32H,2,7-8H2,1H3,(H2,27,29)(H2,28,30,31). The maximum absolute atomic E-state index is 15.4. The minimum Gasteiger partial charge on any atom is -0.494 e. The van der Waals surface area contributed by atoms with Gasteiger partial charge in [-0.1, -0.05) is 0 Å². The molecule has 0 spiro atoms. The predicted octanol–water partition coefficient (Wildman–Crippen LogP) is 3.91. The molecule has 2 aromatic heterocycles. The van der Waals surface area contributed by atoms with Crippen molar-refractivity contribution in [1.82, 2.24) is 15.0 Å². The van der Waals surface area contributed by atoms with Gasteiger partial charge in [0.05, 0.1) is 30.8 Å². The Balaban J connectivity index is 1.85. The summed E-state index contributed by atoms with van der Waals surface area (Å²) in [7, 11) is -2.70. The van der Waals surface area contributed by atoms with Crippen LogP contribution in [0.4, 0.5) is 30.5 Å². The lowest BCUT2D eigenvalue weighted by Crippen LogP contribution is -2.18. The molecule has 0 saturated carbocycles. The second kappa shape index (κ2) is 9.85. The average molecular weight is 519 g/mol. The molecule has 0 bridgehead atoms. The Morgan fingerprint density at radius 1 is 1.06 bits per heavy atom. The van der Waals surface area contributed by atoms with Crippen molar-refractivity contribution >= 4 is 38.2 Å². The van der Waals surface area contributed by atoms with Crippen LogP contribution in [-0.4, -0.2) is 42.9 Å². The topological polar surface area (TPSA) is 146 Å². The number of nitrogen functional groups attached to an aromatic ring is 2. The summed E-state index contributed by atoms with van der Waals surface area (Å²) >= 11 is 0. The zero-order valence-electron chi connectivity index (χ0n) is 18.9. The molecule has 0 radical (unpaired) electrons. The van der Waals surface area contributed by atoms with Gasteiger partial charge in [0, 0.05) is 17.1 Å². The third kappa shape index (κ3) is 4.96. The van der Waals surface area contributed by atoms with Gasteiger partial charge >= 0.3 is 0 Å². The van der Waals surface area contributed by atoms with Crippen molar-refractivity contribution in [3.63, 3.8) is 0 Å². The van der Waals surface area contributed by atoms with Crippen LogP contribution in [0.25, 0.3) is 33.4 Å². The smallest absolute Gasteiger partial charge is 0.232 e. The van der Waals surface area contributed by atoms with E-state index in [1.54, 1.807) is 12.1 Å². The van der Waals surface area contributed by atoms with Crippen molar-refractivity contribution < 1.29 is 26.3 Å². The summed E-state index contributed by atoms with van der Waals surface area (Å²) in [5.41, 5.74) is 11.6. The van der Waals surface area contributed by atoms with Gasteiger partial charge in [-0.05, 0) is 48.4 Å². The highest BCUT2D eigenvalue weighted by Crippen LogP contribution is 2.38. The highest BCUT2D eigenvalue weighted by Gasteiger charge is 2.22. The zero-order chi connectivity index (χ0) is 26.0. The van der Waals surface area contributed by atoms with Crippen LogP contribution in [0.5, 0.6) is 5.75 Å². The van der Waals surface area contributed by atoms with Crippen LogP contribution in [0, 0.1) is 11.6 Å². The Hall–Kier alpha value is -4.13. The fourth-order valence-corrected chi connectivity index (χ4v) is 4.63. The molecule has 9 nitrogen and oxygen atoms in total. The van der Waals surface area contributed by atoms with Crippen molar-refractivity contribution in [1.29, 1.82) is 0 Å². The van der Waals surface area contributed by atoms with E-state index in [2.05, 4.69) is 15.0 Å². The van der Waals surface area contributed by atoms with Crippen molar-refractivity contribution in [2.75, 3.05) is 35.7 Å². The van der Waals surface area contributed by atoms with E-state index in [0.717, 1.165) is 12.1 Å². The number of halogens is 3. The van der Waals surface area contributed by atoms with Crippen LogP contribution >= 0.6 is 0 Å². The van der Waals surface area contributed by atoms with Crippen molar-refractivity contribution in [2.45, 2.75) is 6.42 Å². The normalized spacial score (nSPS) is 11.6. The minimum absolute atomic E-state index is 0.0101. The zero-order valence-corrected chi connectivity index (χ0v) is 19.7. The molecule has 0 unspecified atom stereocenters. The van der Waals surface area contributed by atoms with E-state index in [4.69, 9.17) is 16.2 Å². The van der Waals surface area contributed by atoms with Crippen molar-refractivity contribution in [2.24, 2.45) is 0 Å². The number of nitrogens with one attached hydrogen (secondary N) is 1. The summed E-state index contributed by atoms with van der Waals surface area (Å²) < 4.78 is 74.3. The van der Waals surface area contributed by atoms with E-state index in [1.165, 1.54) is 25.4 Å². The van der Waals surface area contributed by atoms with E-state index < -0.39 is 45.3 Å². The maximum atomic E-state index is 15.4. The molecule has 13 heteroatoms. The highest BCUT2D eigenvalue weighted by atomic mass is 32.2. The number of methoxy groups -OCH3 is 1. The first kappa shape index (κ1) is 25.0. The average Bonchev–Trinajstić information content (AvgIpc) is 2.85. The van der Waals surface area contributed by atoms with E-state index in [9.17, 15) is 17.2 Å². The Bertz CT molecular complexity index is 1550. The number of hydrogen-bond donors (Lipinski definition) is 3. The fraction of sp³-hybridized carbons (Fsp3) is 0.174. The monoisotopic (exact) mass is 518 g/mol. The molecule has 2 aromatic carbocycles. The minimum atomic E-state index is -4.05. The molecule has 4 aromatic rings. The molecule has 2 heterocycles. The van der Waals surface area contributed by atoms with Crippen LogP contribution < -0.4 is 20.9 Å². The van der Waals surface area contributed by atoms with Gasteiger partial charge < -0.3 is 16.2 Å². The number of pyridine rings is 1. The highest BCUT2D eigenvalue weighted by molar-refractivity contribution is 7.92. The van der Waals surface area contributed by atoms with E-state index in [1.807, 2.05) is 4.72 Å². The number of benzene rings is 2. The van der Waals surface area contributed by atoms with E-state index >= 15 is 4.39 Å². The maximum Gasteiger partial charge on any atom is 0.232 e. The number of hydrogen-bond acceptors (Lipinski definition) is 8. The summed E-state index contributed by atoms with van der Waals surface area (Å²) in [6.45, 7) is -0.852. The lowest BCUT2D eigenvalue weighted by Gasteiger charge is -2.15. The fourth-order valence-electron chi connectivity index (χ4n) is 3.55. The predicted molar refractivity (Wildman–Crippen MR) is 131 cm³/mol. The first-order valence-electron chi connectivity index (χ1n) is 10.6. The first-order chi connectivity index (χ1) is 17.1. The number of anilines is 3. The van der Waals surface area contributed by atoms with Crippen molar-refractivity contribution in [3.8, 4) is 28.3 Å². The first-order valence-corrected chi connectivity index (χ1v) is 12.2. The molecule has 0 aliphatic heterocycles. The quantitative estimate of drug-likeness (QED) is 0.318. The van der Waals surface area contributed by atoms with Gasteiger partial charge in [-0.15, -0.1) is 0 Å². The van der Waals surface area contributed by atoms with Crippen molar-refractivity contribution in [3.05, 3.63) is 54.2 Å². The van der Waals surface area contributed by atoms with Gasteiger partial charge in [-0.3, -0.25) is 9.11 Å². The molecular weight excluding hydrogens is 497 g/mol. The molecular formula is C23H21F3N6O3S.